The van der Waals surface area contributed by atoms with Gasteiger partial charge < -0.3 is 9.72 Å². The number of H-pyrrole nitrogens is 1. The van der Waals surface area contributed by atoms with E-state index in [1.165, 1.54) is 19.1 Å². The van der Waals surface area contributed by atoms with E-state index in [0.717, 1.165) is 10.9 Å². The number of nitrogens with one attached hydrogen (secondary N) is 1. The van der Waals surface area contributed by atoms with E-state index in [1.807, 2.05) is 6.07 Å². The van der Waals surface area contributed by atoms with Crippen LogP contribution in [0.2, 0.25) is 5.02 Å². The fourth-order valence-electron chi connectivity index (χ4n) is 3.11. The van der Waals surface area contributed by atoms with Gasteiger partial charge in [0.1, 0.15) is 23.4 Å². The van der Waals surface area contributed by atoms with Crippen molar-refractivity contribution in [2.45, 2.75) is 40.4 Å². The van der Waals surface area contributed by atoms with E-state index in [-0.39, 0.29) is 39.9 Å². The Morgan fingerprint density at radius 3 is 2.58 bits per heavy atom. The quantitative estimate of drug-likeness (QED) is 0.643. The van der Waals surface area contributed by atoms with Crippen LogP contribution in [0.25, 0.3) is 0 Å². The molecule has 3 aromatic rings. The Hall–Kier alpha value is -3.51. The molecule has 0 unspecified atom stereocenters. The average Bonchev–Trinajstić information content (AvgIpc) is 2.68. The number of nitriles is 1. The van der Waals surface area contributed by atoms with Crippen molar-refractivity contribution in [1.29, 1.82) is 5.26 Å². The highest BCUT2D eigenvalue weighted by atomic mass is 35.5. The molecule has 2 aromatic heterocycles. The van der Waals surface area contributed by atoms with Crippen LogP contribution in [-0.4, -0.2) is 19.5 Å². The Morgan fingerprint density at radius 2 is 2.00 bits per heavy atom. The molecule has 160 valence electrons. The van der Waals surface area contributed by atoms with Crippen molar-refractivity contribution in [3.05, 3.63) is 78.1 Å². The molecule has 0 saturated heterocycles. The minimum atomic E-state index is -1.60. The third kappa shape index (κ3) is 4.49. The van der Waals surface area contributed by atoms with Gasteiger partial charge in [-0.15, -0.1) is 0 Å². The molecule has 10 heteroatoms. The number of hydrogen-bond donors (Lipinski definition) is 1. The predicted molar refractivity (Wildman–Crippen MR) is 112 cm³/mol. The first-order valence-corrected chi connectivity index (χ1v) is 9.68. The lowest BCUT2D eigenvalue weighted by Gasteiger charge is -2.16. The SMILES string of the molecule is Cc1nc(C)c(Cn2cnc([C@@H](C)F)c(Oc3c(C)cc(C#N)cc3Cl)c2=O)c(=O)[nH]1. The minimum Gasteiger partial charge on any atom is -0.448 e. The van der Waals surface area contributed by atoms with Crippen molar-refractivity contribution in [3.8, 4) is 17.6 Å². The summed E-state index contributed by atoms with van der Waals surface area (Å²) in [4.78, 5) is 36.3. The maximum absolute atomic E-state index is 14.2. The van der Waals surface area contributed by atoms with Crippen molar-refractivity contribution in [1.82, 2.24) is 19.5 Å². The van der Waals surface area contributed by atoms with E-state index in [0.29, 0.717) is 22.6 Å². The smallest absolute Gasteiger partial charge is 0.297 e. The third-order valence-electron chi connectivity index (χ3n) is 4.63. The molecule has 0 fully saturated rings. The number of rotatable bonds is 5. The first-order chi connectivity index (χ1) is 14.6. The summed E-state index contributed by atoms with van der Waals surface area (Å²) < 4.78 is 21.1. The lowest BCUT2D eigenvalue weighted by Crippen LogP contribution is -2.28. The molecule has 1 atom stereocenters. The summed E-state index contributed by atoms with van der Waals surface area (Å²) >= 11 is 6.22. The number of nitrogens with zero attached hydrogens (tertiary/aromatic N) is 4. The summed E-state index contributed by atoms with van der Waals surface area (Å²) in [6.45, 7) is 6.06. The molecule has 2 heterocycles. The Balaban J connectivity index is 2.12. The summed E-state index contributed by atoms with van der Waals surface area (Å²) in [6, 6.07) is 4.90. The molecule has 8 nitrogen and oxygen atoms in total. The number of aromatic amines is 1. The summed E-state index contributed by atoms with van der Waals surface area (Å²) in [6.07, 6.45) is -0.437. The highest BCUT2D eigenvalue weighted by molar-refractivity contribution is 6.32. The Labute approximate surface area is 181 Å². The topological polar surface area (TPSA) is 114 Å². The zero-order valence-electron chi connectivity index (χ0n) is 17.3. The largest absolute Gasteiger partial charge is 0.448 e. The number of ether oxygens (including phenoxy) is 1. The molecule has 3 rings (SSSR count). The fraction of sp³-hybridized carbons (Fsp3) is 0.286. The van der Waals surface area contributed by atoms with Gasteiger partial charge in [0.05, 0.1) is 35.1 Å². The summed E-state index contributed by atoms with van der Waals surface area (Å²) in [7, 11) is 0. The highest BCUT2D eigenvalue weighted by Gasteiger charge is 2.22. The number of benzene rings is 1. The van der Waals surface area contributed by atoms with Gasteiger partial charge in [-0.2, -0.15) is 5.26 Å². The van der Waals surface area contributed by atoms with E-state index in [2.05, 4.69) is 15.0 Å². The van der Waals surface area contributed by atoms with Crippen LogP contribution < -0.4 is 15.9 Å². The van der Waals surface area contributed by atoms with E-state index in [4.69, 9.17) is 21.6 Å². The summed E-state index contributed by atoms with van der Waals surface area (Å²) in [5.41, 5.74) is 0.278. The molecule has 0 saturated carbocycles. The number of halogens is 2. The van der Waals surface area contributed by atoms with E-state index in [1.54, 1.807) is 20.8 Å². The van der Waals surface area contributed by atoms with E-state index < -0.39 is 11.7 Å². The van der Waals surface area contributed by atoms with Gasteiger partial charge in [0.25, 0.3) is 11.1 Å². The van der Waals surface area contributed by atoms with Crippen molar-refractivity contribution in [2.75, 3.05) is 0 Å². The van der Waals surface area contributed by atoms with Gasteiger partial charge in [-0.3, -0.25) is 14.2 Å². The fourth-order valence-corrected chi connectivity index (χ4v) is 3.41. The second kappa shape index (κ2) is 8.70. The molecule has 0 bridgehead atoms. The van der Waals surface area contributed by atoms with Gasteiger partial charge in [-0.05, 0) is 45.4 Å². The van der Waals surface area contributed by atoms with Crippen LogP contribution in [0.4, 0.5) is 4.39 Å². The molecule has 1 aromatic carbocycles. The van der Waals surface area contributed by atoms with E-state index in [9.17, 15) is 14.0 Å². The third-order valence-corrected chi connectivity index (χ3v) is 4.91. The molecule has 0 radical (unpaired) electrons. The van der Waals surface area contributed by atoms with Gasteiger partial charge in [-0.1, -0.05) is 11.6 Å². The Morgan fingerprint density at radius 1 is 1.29 bits per heavy atom. The monoisotopic (exact) mass is 443 g/mol. The van der Waals surface area contributed by atoms with Gasteiger partial charge >= 0.3 is 0 Å². The molecular weight excluding hydrogens is 425 g/mol. The number of alkyl halides is 1. The number of aromatic nitrogens is 4. The van der Waals surface area contributed by atoms with Crippen LogP contribution in [0, 0.1) is 32.1 Å². The molecule has 0 aliphatic heterocycles. The predicted octanol–water partition coefficient (Wildman–Crippen LogP) is 3.65. The second-order valence-corrected chi connectivity index (χ2v) is 7.45. The van der Waals surface area contributed by atoms with Crippen molar-refractivity contribution < 1.29 is 9.13 Å². The normalized spacial score (nSPS) is 11.8. The number of hydrogen-bond acceptors (Lipinski definition) is 6. The first-order valence-electron chi connectivity index (χ1n) is 9.30. The maximum atomic E-state index is 14.2. The summed E-state index contributed by atoms with van der Waals surface area (Å²) in [5, 5.41) is 9.17. The Kier molecular flexibility index (Phi) is 6.22. The van der Waals surface area contributed by atoms with Gasteiger partial charge in [0, 0.05) is 5.69 Å². The van der Waals surface area contributed by atoms with Crippen molar-refractivity contribution >= 4 is 11.6 Å². The standard InChI is InChI=1S/C21H19ClFN5O3/c1-10-5-14(7-24)6-16(22)18(10)31-19-17(11(2)23)25-9-28(21(19)30)8-15-12(3)26-13(4)27-20(15)29/h5-6,9,11H,8H2,1-4H3,(H,26,27,29)/t11-/m1/s1. The van der Waals surface area contributed by atoms with Crippen LogP contribution in [0.15, 0.2) is 28.0 Å². The zero-order chi connectivity index (χ0) is 22.9. The second-order valence-electron chi connectivity index (χ2n) is 7.04. The van der Waals surface area contributed by atoms with Crippen LogP contribution in [0.5, 0.6) is 11.5 Å². The molecular formula is C21H19ClFN5O3. The zero-order valence-corrected chi connectivity index (χ0v) is 18.0. The average molecular weight is 444 g/mol. The van der Waals surface area contributed by atoms with Crippen LogP contribution in [0.1, 0.15) is 47.0 Å². The van der Waals surface area contributed by atoms with E-state index >= 15 is 0 Å². The molecule has 0 aliphatic rings. The maximum Gasteiger partial charge on any atom is 0.297 e. The van der Waals surface area contributed by atoms with Gasteiger partial charge in [-0.25, -0.2) is 14.4 Å². The van der Waals surface area contributed by atoms with Crippen molar-refractivity contribution in [2.24, 2.45) is 0 Å². The molecule has 0 aliphatic carbocycles. The number of aryl methyl sites for hydroxylation is 3. The molecule has 0 spiro atoms. The lowest BCUT2D eigenvalue weighted by atomic mass is 10.1. The Bertz CT molecular complexity index is 1300. The first kappa shape index (κ1) is 22.2. The minimum absolute atomic E-state index is 0.0961. The summed E-state index contributed by atoms with van der Waals surface area (Å²) in [5.74, 6) is 0.222. The van der Waals surface area contributed by atoms with Gasteiger partial charge in [0.15, 0.2) is 0 Å². The molecule has 1 N–H and O–H groups in total. The highest BCUT2D eigenvalue weighted by Crippen LogP contribution is 2.35. The van der Waals surface area contributed by atoms with Crippen LogP contribution >= 0.6 is 11.6 Å². The van der Waals surface area contributed by atoms with Crippen LogP contribution in [-0.2, 0) is 6.54 Å². The van der Waals surface area contributed by atoms with Gasteiger partial charge in [0.2, 0.25) is 5.75 Å². The molecule has 31 heavy (non-hydrogen) atoms. The van der Waals surface area contributed by atoms with Crippen LogP contribution in [0.3, 0.4) is 0 Å². The molecule has 0 amide bonds. The van der Waals surface area contributed by atoms with Crippen molar-refractivity contribution in [3.63, 3.8) is 0 Å². The lowest BCUT2D eigenvalue weighted by molar-refractivity contribution is 0.344.